The first-order chi connectivity index (χ1) is 13.5. The number of hydrogen-bond donors (Lipinski definition) is 3. The van der Waals surface area contributed by atoms with Gasteiger partial charge in [0, 0.05) is 18.2 Å². The van der Waals surface area contributed by atoms with Crippen LogP contribution >= 0.6 is 0 Å². The van der Waals surface area contributed by atoms with Gasteiger partial charge in [0.25, 0.3) is 11.8 Å². The Hall–Kier alpha value is -3.82. The van der Waals surface area contributed by atoms with E-state index in [-0.39, 0.29) is 23.6 Å². The Morgan fingerprint density at radius 1 is 1.18 bits per heavy atom. The zero-order valence-electron chi connectivity index (χ0n) is 14.8. The molecule has 0 aliphatic carbocycles. The number of anilines is 2. The summed E-state index contributed by atoms with van der Waals surface area (Å²) in [6.07, 6.45) is 3.19. The van der Waals surface area contributed by atoms with Crippen LogP contribution in [-0.4, -0.2) is 33.0 Å². The zero-order chi connectivity index (χ0) is 19.8. The van der Waals surface area contributed by atoms with E-state index in [1.54, 1.807) is 6.07 Å². The van der Waals surface area contributed by atoms with Crippen molar-refractivity contribution in [1.82, 2.24) is 25.3 Å². The number of carbonyl (C=O) groups is 1. The molecule has 28 heavy (non-hydrogen) atoms. The van der Waals surface area contributed by atoms with Gasteiger partial charge < -0.3 is 21.5 Å². The van der Waals surface area contributed by atoms with E-state index in [1.165, 1.54) is 31.6 Å². The molecule has 1 amide bonds. The molecule has 0 saturated carbocycles. The summed E-state index contributed by atoms with van der Waals surface area (Å²) in [4.78, 5) is 28.8. The monoisotopic (exact) mass is 381 g/mol. The third kappa shape index (κ3) is 3.04. The molecule has 0 saturated heterocycles. The first-order valence-corrected chi connectivity index (χ1v) is 8.35. The van der Waals surface area contributed by atoms with Gasteiger partial charge in [-0.2, -0.15) is 0 Å². The molecular formula is C18H16FN7O2. The largest absolute Gasteiger partial charge is 0.478 e. The van der Waals surface area contributed by atoms with Crippen LogP contribution in [0.1, 0.15) is 27.7 Å². The van der Waals surface area contributed by atoms with Crippen LogP contribution in [0.15, 0.2) is 30.6 Å². The van der Waals surface area contributed by atoms with Gasteiger partial charge >= 0.3 is 0 Å². The molecule has 3 heterocycles. The van der Waals surface area contributed by atoms with Crippen molar-refractivity contribution in [3.8, 4) is 17.1 Å². The standard InChI is InChI=1S/C18H16FN7O2/c1-28-17-15(20)22-7-14(25-17)10-4-8(19)2-3-9(10)12-5-13-11(16(27)24-12)6-23-18(21)26-13/h2-4,6-7,12H,5H2,1H3,(H2,20,22)(H,24,27)(H2,21,23,26)/t12-/m1/s1. The van der Waals surface area contributed by atoms with Crippen LogP contribution < -0.4 is 21.5 Å². The highest BCUT2D eigenvalue weighted by atomic mass is 19.1. The lowest BCUT2D eigenvalue weighted by atomic mass is 9.91. The molecule has 5 N–H and O–H groups in total. The van der Waals surface area contributed by atoms with E-state index in [1.807, 2.05) is 0 Å². The van der Waals surface area contributed by atoms with Crippen molar-refractivity contribution in [2.75, 3.05) is 18.6 Å². The van der Waals surface area contributed by atoms with Crippen molar-refractivity contribution in [3.63, 3.8) is 0 Å². The summed E-state index contributed by atoms with van der Waals surface area (Å²) in [5, 5.41) is 2.89. The number of benzene rings is 1. The predicted octanol–water partition coefficient (Wildman–Crippen LogP) is 1.27. The Labute approximate surface area is 159 Å². The number of nitrogen functional groups attached to an aromatic ring is 2. The Morgan fingerprint density at radius 3 is 2.79 bits per heavy atom. The van der Waals surface area contributed by atoms with Crippen LogP contribution in [0.25, 0.3) is 11.3 Å². The topological polar surface area (TPSA) is 142 Å². The van der Waals surface area contributed by atoms with Gasteiger partial charge in [-0.3, -0.25) is 4.79 Å². The highest BCUT2D eigenvalue weighted by Gasteiger charge is 2.29. The third-order valence-electron chi connectivity index (χ3n) is 4.46. The second kappa shape index (κ2) is 6.72. The van der Waals surface area contributed by atoms with Crippen LogP contribution in [0.5, 0.6) is 5.88 Å². The van der Waals surface area contributed by atoms with Gasteiger partial charge in [-0.15, -0.1) is 0 Å². The number of halogens is 1. The summed E-state index contributed by atoms with van der Waals surface area (Å²) >= 11 is 0. The van der Waals surface area contributed by atoms with Crippen molar-refractivity contribution in [3.05, 3.63) is 53.2 Å². The Morgan fingerprint density at radius 2 is 2.00 bits per heavy atom. The smallest absolute Gasteiger partial charge is 0.257 e. The molecule has 9 nitrogen and oxygen atoms in total. The van der Waals surface area contributed by atoms with E-state index in [4.69, 9.17) is 16.2 Å². The molecular weight excluding hydrogens is 365 g/mol. The number of ether oxygens (including phenoxy) is 1. The number of nitrogens with one attached hydrogen (secondary N) is 1. The summed E-state index contributed by atoms with van der Waals surface area (Å²) in [6.45, 7) is 0. The molecule has 1 aliphatic heterocycles. The van der Waals surface area contributed by atoms with Gasteiger partial charge in [-0.05, 0) is 17.7 Å². The lowest BCUT2D eigenvalue weighted by Gasteiger charge is -2.26. The van der Waals surface area contributed by atoms with E-state index >= 15 is 0 Å². The summed E-state index contributed by atoms with van der Waals surface area (Å²) in [5.74, 6) is -0.448. The van der Waals surface area contributed by atoms with Gasteiger partial charge in [0.1, 0.15) is 5.82 Å². The lowest BCUT2D eigenvalue weighted by Crippen LogP contribution is -2.36. The fraction of sp³-hybridized carbons (Fsp3) is 0.167. The minimum absolute atomic E-state index is 0.0840. The molecule has 1 aromatic carbocycles. The molecule has 1 atom stereocenters. The molecule has 0 unspecified atom stereocenters. The number of fused-ring (bicyclic) bond motifs is 1. The number of rotatable bonds is 3. The van der Waals surface area contributed by atoms with Gasteiger partial charge in [0.15, 0.2) is 5.82 Å². The maximum absolute atomic E-state index is 14.0. The molecule has 10 heteroatoms. The summed E-state index contributed by atoms with van der Waals surface area (Å²) in [6, 6.07) is 3.77. The number of carbonyl (C=O) groups excluding carboxylic acids is 1. The Kier molecular flexibility index (Phi) is 4.22. The summed E-state index contributed by atoms with van der Waals surface area (Å²) in [7, 11) is 1.42. The number of nitrogens with zero attached hydrogens (tertiary/aromatic N) is 4. The molecule has 0 fully saturated rings. The summed E-state index contributed by atoms with van der Waals surface area (Å²) in [5.41, 5.74) is 13.7. The van der Waals surface area contributed by atoms with Crippen LogP contribution in [-0.2, 0) is 6.42 Å². The van der Waals surface area contributed by atoms with Gasteiger partial charge in [0.05, 0.1) is 36.3 Å². The van der Waals surface area contributed by atoms with Crippen molar-refractivity contribution >= 4 is 17.7 Å². The predicted molar refractivity (Wildman–Crippen MR) is 98.7 cm³/mol. The number of methoxy groups -OCH3 is 1. The molecule has 0 bridgehead atoms. The number of aromatic nitrogens is 4. The van der Waals surface area contributed by atoms with Crippen LogP contribution in [0.4, 0.5) is 16.2 Å². The maximum Gasteiger partial charge on any atom is 0.257 e. The van der Waals surface area contributed by atoms with Crippen LogP contribution in [0.2, 0.25) is 0 Å². The molecule has 2 aromatic heterocycles. The molecule has 1 aliphatic rings. The second-order valence-corrected chi connectivity index (χ2v) is 6.20. The SMILES string of the molecule is COc1nc(-c2cc(F)ccc2[C@H]2Cc3nc(N)ncc3C(=O)N2)cnc1N. The number of hydrogen-bond acceptors (Lipinski definition) is 8. The maximum atomic E-state index is 14.0. The normalized spacial score (nSPS) is 15.6. The van der Waals surface area contributed by atoms with Crippen molar-refractivity contribution in [1.29, 1.82) is 0 Å². The van der Waals surface area contributed by atoms with Crippen molar-refractivity contribution in [2.45, 2.75) is 12.5 Å². The third-order valence-corrected chi connectivity index (χ3v) is 4.46. The number of amides is 1. The average molecular weight is 381 g/mol. The molecule has 4 rings (SSSR count). The Balaban J connectivity index is 1.80. The Bertz CT molecular complexity index is 1090. The van der Waals surface area contributed by atoms with Gasteiger partial charge in [-0.25, -0.2) is 24.3 Å². The minimum Gasteiger partial charge on any atom is -0.478 e. The average Bonchev–Trinajstić information content (AvgIpc) is 2.68. The van der Waals surface area contributed by atoms with E-state index in [0.29, 0.717) is 34.5 Å². The molecule has 0 spiro atoms. The lowest BCUT2D eigenvalue weighted by molar-refractivity contribution is 0.0923. The van der Waals surface area contributed by atoms with Gasteiger partial charge in [-0.1, -0.05) is 6.07 Å². The fourth-order valence-electron chi connectivity index (χ4n) is 3.16. The van der Waals surface area contributed by atoms with E-state index in [0.717, 1.165) is 0 Å². The molecule has 142 valence electrons. The van der Waals surface area contributed by atoms with Crippen LogP contribution in [0, 0.1) is 5.82 Å². The zero-order valence-corrected chi connectivity index (χ0v) is 14.8. The van der Waals surface area contributed by atoms with E-state index in [2.05, 4.69) is 25.3 Å². The minimum atomic E-state index is -0.463. The first-order valence-electron chi connectivity index (χ1n) is 8.35. The summed E-state index contributed by atoms with van der Waals surface area (Å²) < 4.78 is 19.1. The van der Waals surface area contributed by atoms with Crippen LogP contribution in [0.3, 0.4) is 0 Å². The van der Waals surface area contributed by atoms with E-state index < -0.39 is 11.9 Å². The highest BCUT2D eigenvalue weighted by Crippen LogP contribution is 2.33. The second-order valence-electron chi connectivity index (χ2n) is 6.20. The number of nitrogens with two attached hydrogens (primary N) is 2. The van der Waals surface area contributed by atoms with Crippen molar-refractivity contribution < 1.29 is 13.9 Å². The molecule has 3 aromatic rings. The van der Waals surface area contributed by atoms with E-state index in [9.17, 15) is 9.18 Å². The van der Waals surface area contributed by atoms with Crippen molar-refractivity contribution in [2.24, 2.45) is 0 Å². The quantitative estimate of drug-likeness (QED) is 0.616. The van der Waals surface area contributed by atoms with Gasteiger partial charge in [0.2, 0.25) is 5.95 Å². The highest BCUT2D eigenvalue weighted by molar-refractivity contribution is 5.96. The first kappa shape index (κ1) is 17.6. The molecule has 0 radical (unpaired) electrons. The fourth-order valence-corrected chi connectivity index (χ4v) is 3.16.